The van der Waals surface area contributed by atoms with Crippen LogP contribution in [0.4, 0.5) is 24.5 Å². The third-order valence-corrected chi connectivity index (χ3v) is 4.54. The van der Waals surface area contributed by atoms with Crippen molar-refractivity contribution in [1.29, 1.82) is 0 Å². The molecule has 1 N–H and O–H groups in total. The fraction of sp³-hybridized carbons (Fsp3) is 0.300. The van der Waals surface area contributed by atoms with Crippen LogP contribution in [-0.4, -0.2) is 44.1 Å². The maximum atomic E-state index is 13.0. The number of hydrogen-bond donors (Lipinski definition) is 1. The van der Waals surface area contributed by atoms with Gasteiger partial charge in [0.05, 0.1) is 12.6 Å². The van der Waals surface area contributed by atoms with E-state index in [0.717, 1.165) is 12.1 Å². The van der Waals surface area contributed by atoms with Gasteiger partial charge in [0.15, 0.2) is 0 Å². The van der Waals surface area contributed by atoms with Crippen LogP contribution < -0.4 is 5.32 Å². The van der Waals surface area contributed by atoms with E-state index < -0.39 is 11.7 Å². The first-order chi connectivity index (χ1) is 14.2. The SMILES string of the molecule is CCN(CC)C(=O)c1ccc(Nc2cccc(C(F)(F)F)c2)c(-c2nnn(C)n2)c1. The highest BCUT2D eigenvalue weighted by molar-refractivity contribution is 5.97. The van der Waals surface area contributed by atoms with Crippen molar-refractivity contribution in [2.75, 3.05) is 18.4 Å². The van der Waals surface area contributed by atoms with Gasteiger partial charge in [-0.25, -0.2) is 0 Å². The summed E-state index contributed by atoms with van der Waals surface area (Å²) in [7, 11) is 1.60. The quantitative estimate of drug-likeness (QED) is 0.652. The average Bonchev–Trinajstić information content (AvgIpc) is 3.15. The van der Waals surface area contributed by atoms with Gasteiger partial charge in [-0.15, -0.1) is 10.2 Å². The standard InChI is InChI=1S/C20H21F3N6O/c1-4-29(5-2)19(30)13-9-10-17(16(11-13)18-25-27-28(3)26-18)24-15-8-6-7-14(12-15)20(21,22)23/h6-12,24H,4-5H2,1-3H3. The molecular weight excluding hydrogens is 397 g/mol. The molecule has 0 atom stereocenters. The van der Waals surface area contributed by atoms with Gasteiger partial charge in [-0.1, -0.05) is 6.07 Å². The smallest absolute Gasteiger partial charge is 0.355 e. The van der Waals surface area contributed by atoms with Crippen LogP contribution in [0, 0.1) is 0 Å². The van der Waals surface area contributed by atoms with Gasteiger partial charge >= 0.3 is 6.18 Å². The van der Waals surface area contributed by atoms with Crippen molar-refractivity contribution in [1.82, 2.24) is 25.1 Å². The van der Waals surface area contributed by atoms with Gasteiger partial charge in [0.25, 0.3) is 5.91 Å². The number of carbonyl (C=O) groups is 1. The Morgan fingerprint density at radius 2 is 1.87 bits per heavy atom. The summed E-state index contributed by atoms with van der Waals surface area (Å²) >= 11 is 0. The molecule has 7 nitrogen and oxygen atoms in total. The van der Waals surface area contributed by atoms with E-state index in [4.69, 9.17) is 0 Å². The van der Waals surface area contributed by atoms with Crippen LogP contribution >= 0.6 is 0 Å². The molecule has 0 saturated carbocycles. The van der Waals surface area contributed by atoms with Crippen LogP contribution in [0.5, 0.6) is 0 Å². The van der Waals surface area contributed by atoms with Crippen molar-refractivity contribution in [2.45, 2.75) is 20.0 Å². The largest absolute Gasteiger partial charge is 0.416 e. The molecule has 0 radical (unpaired) electrons. The molecule has 30 heavy (non-hydrogen) atoms. The molecule has 3 aromatic rings. The minimum absolute atomic E-state index is 0.157. The predicted octanol–water partition coefficient (Wildman–Crippen LogP) is 4.12. The molecule has 1 heterocycles. The summed E-state index contributed by atoms with van der Waals surface area (Å²) in [6, 6.07) is 9.74. The van der Waals surface area contributed by atoms with E-state index >= 15 is 0 Å². The molecule has 0 bridgehead atoms. The number of tetrazole rings is 1. The Bertz CT molecular complexity index is 1040. The van der Waals surface area contributed by atoms with E-state index in [1.54, 1.807) is 30.1 Å². The molecule has 0 aliphatic rings. The fourth-order valence-electron chi connectivity index (χ4n) is 2.99. The zero-order valence-electron chi connectivity index (χ0n) is 16.7. The highest BCUT2D eigenvalue weighted by Gasteiger charge is 2.30. The number of benzene rings is 2. The van der Waals surface area contributed by atoms with Crippen LogP contribution in [0.3, 0.4) is 0 Å². The van der Waals surface area contributed by atoms with Crippen molar-refractivity contribution in [2.24, 2.45) is 7.05 Å². The van der Waals surface area contributed by atoms with Crippen LogP contribution in [0.1, 0.15) is 29.8 Å². The summed E-state index contributed by atoms with van der Waals surface area (Å²) in [6.07, 6.45) is -4.45. The first-order valence-corrected chi connectivity index (χ1v) is 9.35. The number of carbonyl (C=O) groups excluding carboxylic acids is 1. The summed E-state index contributed by atoms with van der Waals surface area (Å²) in [5.41, 5.74) is 0.825. The minimum atomic E-state index is -4.45. The number of alkyl halides is 3. The molecule has 1 amide bonds. The predicted molar refractivity (Wildman–Crippen MR) is 106 cm³/mol. The number of hydrogen-bond acceptors (Lipinski definition) is 5. The average molecular weight is 418 g/mol. The number of aromatic nitrogens is 4. The van der Waals surface area contributed by atoms with E-state index in [0.29, 0.717) is 29.9 Å². The number of rotatable bonds is 6. The van der Waals surface area contributed by atoms with Gasteiger partial charge in [-0.3, -0.25) is 4.79 Å². The Morgan fingerprint density at radius 3 is 2.47 bits per heavy atom. The highest BCUT2D eigenvalue weighted by atomic mass is 19.4. The van der Waals surface area contributed by atoms with Crippen LogP contribution in [-0.2, 0) is 13.2 Å². The van der Waals surface area contributed by atoms with Gasteiger partial charge in [0.1, 0.15) is 0 Å². The Balaban J connectivity index is 2.03. The van der Waals surface area contributed by atoms with Crippen molar-refractivity contribution >= 4 is 17.3 Å². The van der Waals surface area contributed by atoms with Crippen molar-refractivity contribution in [3.05, 3.63) is 53.6 Å². The molecule has 0 saturated heterocycles. The summed E-state index contributed by atoms with van der Waals surface area (Å²) in [4.78, 5) is 15.7. The van der Waals surface area contributed by atoms with E-state index in [1.807, 2.05) is 13.8 Å². The first kappa shape index (κ1) is 21.3. The zero-order valence-corrected chi connectivity index (χ0v) is 16.7. The van der Waals surface area contributed by atoms with Crippen molar-refractivity contribution in [3.8, 4) is 11.4 Å². The highest BCUT2D eigenvalue weighted by Crippen LogP contribution is 2.33. The van der Waals surface area contributed by atoms with E-state index in [1.165, 1.54) is 16.9 Å². The molecule has 0 aliphatic carbocycles. The van der Waals surface area contributed by atoms with E-state index in [-0.39, 0.29) is 17.4 Å². The second kappa shape index (κ2) is 8.52. The van der Waals surface area contributed by atoms with Crippen LogP contribution in [0.15, 0.2) is 42.5 Å². The number of aryl methyl sites for hydroxylation is 1. The monoisotopic (exact) mass is 418 g/mol. The Labute approximate surface area is 171 Å². The van der Waals surface area contributed by atoms with E-state index in [2.05, 4.69) is 20.7 Å². The molecule has 1 aromatic heterocycles. The summed E-state index contributed by atoms with van der Waals surface area (Å²) in [5.74, 6) is 0.0944. The number of amides is 1. The number of halogens is 3. The second-order valence-corrected chi connectivity index (χ2v) is 6.54. The number of nitrogens with zero attached hydrogens (tertiary/aromatic N) is 5. The molecule has 0 aliphatic heterocycles. The van der Waals surface area contributed by atoms with Gasteiger partial charge in [0, 0.05) is 35.6 Å². The van der Waals surface area contributed by atoms with Crippen molar-refractivity contribution < 1.29 is 18.0 Å². The third-order valence-electron chi connectivity index (χ3n) is 4.54. The molecule has 0 spiro atoms. The summed E-state index contributed by atoms with van der Waals surface area (Å²) < 4.78 is 39.1. The topological polar surface area (TPSA) is 75.9 Å². The summed E-state index contributed by atoms with van der Waals surface area (Å²) in [6.45, 7) is 4.88. The third kappa shape index (κ3) is 4.58. The maximum absolute atomic E-state index is 13.0. The Kier molecular flexibility index (Phi) is 6.04. The zero-order chi connectivity index (χ0) is 21.9. The molecule has 158 valence electrons. The number of anilines is 2. The van der Waals surface area contributed by atoms with Crippen LogP contribution in [0.2, 0.25) is 0 Å². The van der Waals surface area contributed by atoms with E-state index in [9.17, 15) is 18.0 Å². The molecule has 2 aromatic carbocycles. The minimum Gasteiger partial charge on any atom is -0.355 e. The fourth-order valence-corrected chi connectivity index (χ4v) is 2.99. The molecular formula is C20H21F3N6O. The molecule has 0 unspecified atom stereocenters. The normalized spacial score (nSPS) is 11.4. The Morgan fingerprint density at radius 1 is 1.13 bits per heavy atom. The van der Waals surface area contributed by atoms with Gasteiger partial charge < -0.3 is 10.2 Å². The lowest BCUT2D eigenvalue weighted by atomic mass is 10.1. The summed E-state index contributed by atoms with van der Waals surface area (Å²) in [5, 5.41) is 15.0. The van der Waals surface area contributed by atoms with Crippen LogP contribution in [0.25, 0.3) is 11.4 Å². The lowest BCUT2D eigenvalue weighted by Gasteiger charge is -2.19. The molecule has 3 rings (SSSR count). The van der Waals surface area contributed by atoms with Crippen molar-refractivity contribution in [3.63, 3.8) is 0 Å². The van der Waals surface area contributed by atoms with Gasteiger partial charge in [0.2, 0.25) is 5.82 Å². The second-order valence-electron chi connectivity index (χ2n) is 6.54. The molecule has 10 heteroatoms. The first-order valence-electron chi connectivity index (χ1n) is 9.35. The lowest BCUT2D eigenvalue weighted by Crippen LogP contribution is -2.30. The van der Waals surface area contributed by atoms with Gasteiger partial charge in [-0.05, 0) is 55.5 Å². The maximum Gasteiger partial charge on any atom is 0.416 e. The van der Waals surface area contributed by atoms with Gasteiger partial charge in [-0.2, -0.15) is 18.0 Å². The molecule has 0 fully saturated rings. The lowest BCUT2D eigenvalue weighted by molar-refractivity contribution is -0.137. The Hall–Kier alpha value is -3.43. The number of nitrogens with one attached hydrogen (secondary N) is 1.